The smallest absolute Gasteiger partial charge is 0.0469 e. The number of hydrogen-bond acceptors (Lipinski definition) is 0. The lowest BCUT2D eigenvalue weighted by Crippen LogP contribution is -2.23. The lowest BCUT2D eigenvalue weighted by Gasteiger charge is -2.29. The molecule has 0 saturated heterocycles. The molecule has 0 aromatic heterocycles. The van der Waals surface area contributed by atoms with Gasteiger partial charge in [-0.05, 0) is 171 Å². The lowest BCUT2D eigenvalue weighted by atomic mass is 9.73. The lowest BCUT2D eigenvalue weighted by molar-refractivity contribution is 0.626. The van der Waals surface area contributed by atoms with Gasteiger partial charge >= 0.3 is 0 Å². The summed E-state index contributed by atoms with van der Waals surface area (Å²) in [5, 5.41) is 7.82. The highest BCUT2D eigenvalue weighted by molar-refractivity contribution is 6.24. The van der Waals surface area contributed by atoms with Crippen LogP contribution in [0.4, 0.5) is 0 Å². The summed E-state index contributed by atoms with van der Waals surface area (Å²) in [6, 6.07) is 74.7. The molecule has 10 aromatic carbocycles. The van der Waals surface area contributed by atoms with Crippen molar-refractivity contribution in [2.45, 2.75) is 36.5 Å². The summed E-state index contributed by atoms with van der Waals surface area (Å²) in [5.74, 6) is 0. The molecule has 0 saturated carbocycles. The van der Waals surface area contributed by atoms with Gasteiger partial charge in [0.15, 0.2) is 0 Å². The molecule has 280 valence electrons. The van der Waals surface area contributed by atoms with Crippen LogP contribution >= 0.6 is 0 Å². The molecule has 10 aromatic rings. The molecule has 0 radical (unpaired) electrons. The molecule has 2 unspecified atom stereocenters. The van der Waals surface area contributed by atoms with Crippen LogP contribution in [0, 0.1) is 0 Å². The van der Waals surface area contributed by atoms with Crippen molar-refractivity contribution in [3.63, 3.8) is 0 Å². The third-order valence-electron chi connectivity index (χ3n) is 15.3. The molecule has 14 rings (SSSR count). The van der Waals surface area contributed by atoms with E-state index in [4.69, 9.17) is 0 Å². The van der Waals surface area contributed by atoms with Crippen molar-refractivity contribution in [3.05, 3.63) is 239 Å². The van der Waals surface area contributed by atoms with Crippen molar-refractivity contribution in [1.29, 1.82) is 0 Å². The second-order valence-corrected chi connectivity index (χ2v) is 17.8. The number of hydrogen-bond donors (Lipinski definition) is 0. The van der Waals surface area contributed by atoms with Crippen LogP contribution in [0.1, 0.15) is 57.3 Å². The Balaban J connectivity index is 0.992. The molecular formula is C60H40. The van der Waals surface area contributed by atoms with Gasteiger partial charge in [0.2, 0.25) is 0 Å². The van der Waals surface area contributed by atoms with Gasteiger partial charge in [0, 0.05) is 10.8 Å². The van der Waals surface area contributed by atoms with Crippen LogP contribution in [0.25, 0.3) is 76.8 Å². The first kappa shape index (κ1) is 32.9. The van der Waals surface area contributed by atoms with Crippen molar-refractivity contribution >= 4 is 32.3 Å². The van der Waals surface area contributed by atoms with Gasteiger partial charge in [0.05, 0.1) is 0 Å². The highest BCUT2D eigenvalue weighted by atomic mass is 14.5. The zero-order valence-electron chi connectivity index (χ0n) is 33.3. The van der Waals surface area contributed by atoms with Gasteiger partial charge in [0.1, 0.15) is 0 Å². The van der Waals surface area contributed by atoms with Crippen LogP contribution in [-0.4, -0.2) is 0 Å². The first-order valence-corrected chi connectivity index (χ1v) is 21.8. The summed E-state index contributed by atoms with van der Waals surface area (Å²) in [6.07, 6.45) is 4.42. The third kappa shape index (κ3) is 4.07. The fraction of sp³-hybridized carbons (Fsp3) is 0.100. The minimum atomic E-state index is -0.122. The van der Waals surface area contributed by atoms with E-state index < -0.39 is 0 Å². The Labute approximate surface area is 350 Å². The Kier molecular flexibility index (Phi) is 6.47. The maximum atomic E-state index is 2.56. The van der Waals surface area contributed by atoms with E-state index in [-0.39, 0.29) is 10.8 Å². The Bertz CT molecular complexity index is 3280. The molecule has 0 nitrogen and oxygen atoms in total. The Morgan fingerprint density at radius 1 is 0.250 bits per heavy atom. The quantitative estimate of drug-likeness (QED) is 0.154. The number of rotatable bonds is 2. The molecule has 2 spiro atoms. The van der Waals surface area contributed by atoms with E-state index in [0.29, 0.717) is 0 Å². The van der Waals surface area contributed by atoms with Gasteiger partial charge in [-0.2, -0.15) is 0 Å². The van der Waals surface area contributed by atoms with Gasteiger partial charge < -0.3 is 0 Å². The standard InChI is InChI=1S/C60H40/c1-9-21-53-37(13-1)29-31-59(53)55-23-11-7-19-45(55)47-27-25-39(33-57(47)59)49-35-51-44-18-6-4-16-42(44)50(36-52(51)43-17-5-3-15-41(43)49)40-26-28-48-46-20-8-12-24-56(46)60(58(48)34-40)32-30-38-14-2-10-22-54(38)60/h1-28,33-36H,29-32H2. The third-order valence-corrected chi connectivity index (χ3v) is 15.3. The molecule has 0 N–H and O–H groups in total. The predicted octanol–water partition coefficient (Wildman–Crippen LogP) is 15.0. The molecule has 0 fully saturated rings. The van der Waals surface area contributed by atoms with Gasteiger partial charge in [-0.1, -0.05) is 170 Å². The van der Waals surface area contributed by atoms with Crippen molar-refractivity contribution < 1.29 is 0 Å². The Morgan fingerprint density at radius 3 is 1.08 bits per heavy atom. The zero-order valence-corrected chi connectivity index (χ0v) is 33.3. The summed E-state index contributed by atoms with van der Waals surface area (Å²) >= 11 is 0. The maximum absolute atomic E-state index is 2.56. The van der Waals surface area contributed by atoms with Gasteiger partial charge in [-0.25, -0.2) is 0 Å². The average Bonchev–Trinajstić information content (AvgIpc) is 4.06. The molecule has 60 heavy (non-hydrogen) atoms. The van der Waals surface area contributed by atoms with Gasteiger partial charge in [-0.3, -0.25) is 0 Å². The van der Waals surface area contributed by atoms with E-state index >= 15 is 0 Å². The molecule has 0 amide bonds. The van der Waals surface area contributed by atoms with Gasteiger partial charge in [-0.15, -0.1) is 0 Å². The Morgan fingerprint density at radius 2 is 0.617 bits per heavy atom. The van der Waals surface area contributed by atoms with Crippen molar-refractivity contribution in [3.8, 4) is 44.5 Å². The first-order valence-electron chi connectivity index (χ1n) is 21.8. The SMILES string of the molecule is c1ccc2c(c1)CCC21c2ccccc2-c2ccc(-c3cc4c5ccccc5c(-c5ccc6c(c5)C5(CCc7ccccc75)c5ccccc5-6)cc4c4ccccc34)cc21. The molecule has 0 heteroatoms. The summed E-state index contributed by atoms with van der Waals surface area (Å²) < 4.78 is 0. The molecule has 2 atom stereocenters. The van der Waals surface area contributed by atoms with E-state index in [1.807, 2.05) is 0 Å². The second kappa shape index (κ2) is 11.8. The second-order valence-electron chi connectivity index (χ2n) is 17.8. The number of fused-ring (bicyclic) bond motifs is 19. The normalized spacial score (nSPS) is 18.9. The average molecular weight is 761 g/mol. The first-order chi connectivity index (χ1) is 29.7. The fourth-order valence-corrected chi connectivity index (χ4v) is 12.8. The van der Waals surface area contributed by atoms with Crippen molar-refractivity contribution in [1.82, 2.24) is 0 Å². The monoisotopic (exact) mass is 760 g/mol. The van der Waals surface area contributed by atoms with Crippen molar-refractivity contribution in [2.75, 3.05) is 0 Å². The van der Waals surface area contributed by atoms with E-state index in [1.54, 1.807) is 0 Å². The summed E-state index contributed by atoms with van der Waals surface area (Å²) in [7, 11) is 0. The topological polar surface area (TPSA) is 0 Å². The van der Waals surface area contributed by atoms with E-state index in [0.717, 1.165) is 25.7 Å². The van der Waals surface area contributed by atoms with Crippen LogP contribution < -0.4 is 0 Å². The van der Waals surface area contributed by atoms with Crippen LogP contribution in [0.5, 0.6) is 0 Å². The van der Waals surface area contributed by atoms with E-state index in [1.165, 1.54) is 121 Å². The highest BCUT2D eigenvalue weighted by Gasteiger charge is 2.49. The molecule has 0 aliphatic heterocycles. The van der Waals surface area contributed by atoms with Crippen LogP contribution in [-0.2, 0) is 23.7 Å². The van der Waals surface area contributed by atoms with Gasteiger partial charge in [0.25, 0.3) is 0 Å². The zero-order chi connectivity index (χ0) is 39.2. The molecular weight excluding hydrogens is 721 g/mol. The maximum Gasteiger partial charge on any atom is 0.0469 e. The van der Waals surface area contributed by atoms with Crippen molar-refractivity contribution in [2.24, 2.45) is 0 Å². The van der Waals surface area contributed by atoms with Crippen LogP contribution in [0.2, 0.25) is 0 Å². The van der Waals surface area contributed by atoms with E-state index in [2.05, 4.69) is 194 Å². The van der Waals surface area contributed by atoms with E-state index in [9.17, 15) is 0 Å². The fourth-order valence-electron chi connectivity index (χ4n) is 12.8. The Hall–Kier alpha value is -7.02. The molecule has 4 aliphatic rings. The minimum absolute atomic E-state index is 0.122. The van der Waals surface area contributed by atoms with Crippen LogP contribution in [0.15, 0.2) is 194 Å². The number of aryl methyl sites for hydroxylation is 2. The molecule has 0 bridgehead atoms. The summed E-state index contributed by atoms with van der Waals surface area (Å²) in [5.41, 5.74) is 22.2. The summed E-state index contributed by atoms with van der Waals surface area (Å²) in [4.78, 5) is 0. The largest absolute Gasteiger partial charge is 0.0620 e. The molecule has 0 heterocycles. The van der Waals surface area contributed by atoms with Crippen LogP contribution in [0.3, 0.4) is 0 Å². The predicted molar refractivity (Wildman–Crippen MR) is 250 cm³/mol. The molecule has 4 aliphatic carbocycles. The summed E-state index contributed by atoms with van der Waals surface area (Å²) in [6.45, 7) is 0. The highest BCUT2D eigenvalue weighted by Crippen LogP contribution is 2.60. The minimum Gasteiger partial charge on any atom is -0.0620 e. The number of benzene rings is 10.